The van der Waals surface area contributed by atoms with Crippen molar-refractivity contribution in [3.05, 3.63) is 23.8 Å². The summed E-state index contributed by atoms with van der Waals surface area (Å²) >= 11 is 0. The van der Waals surface area contributed by atoms with Crippen LogP contribution in [0.25, 0.3) is 0 Å². The van der Waals surface area contributed by atoms with Crippen LogP contribution < -0.4 is 11.1 Å². The lowest BCUT2D eigenvalue weighted by molar-refractivity contribution is 0.0602. The van der Waals surface area contributed by atoms with Crippen LogP contribution in [-0.2, 0) is 9.47 Å². The number of hydrogen-bond donors (Lipinski definition) is 2. The van der Waals surface area contributed by atoms with Crippen molar-refractivity contribution < 1.29 is 14.3 Å². The molecule has 0 heterocycles. The standard InChI is InChI=1S/C12H18N2O3/c1-16-7-3-6-14-11-5-4-9(13)8-10(11)12(15)17-2/h4-5,8,14H,3,6-7,13H2,1-2H3. The molecular formula is C12H18N2O3. The third-order valence-corrected chi connectivity index (χ3v) is 2.29. The number of hydrogen-bond acceptors (Lipinski definition) is 5. The van der Waals surface area contributed by atoms with E-state index >= 15 is 0 Å². The minimum atomic E-state index is -0.397. The van der Waals surface area contributed by atoms with Crippen molar-refractivity contribution >= 4 is 17.3 Å². The van der Waals surface area contributed by atoms with Gasteiger partial charge >= 0.3 is 5.97 Å². The average Bonchev–Trinajstić information content (AvgIpc) is 2.35. The average molecular weight is 238 g/mol. The van der Waals surface area contributed by atoms with Crippen molar-refractivity contribution in [2.75, 3.05) is 38.4 Å². The van der Waals surface area contributed by atoms with E-state index in [9.17, 15) is 4.79 Å². The van der Waals surface area contributed by atoms with Gasteiger partial charge in [-0.15, -0.1) is 0 Å². The number of esters is 1. The van der Waals surface area contributed by atoms with E-state index in [4.69, 9.17) is 15.2 Å². The molecule has 94 valence electrons. The molecule has 1 aromatic carbocycles. The van der Waals surface area contributed by atoms with Gasteiger partial charge in [0.25, 0.3) is 0 Å². The van der Waals surface area contributed by atoms with Crippen LogP contribution in [0.1, 0.15) is 16.8 Å². The molecule has 0 spiro atoms. The molecule has 0 atom stereocenters. The molecule has 0 aliphatic rings. The molecule has 0 aromatic heterocycles. The molecule has 0 fully saturated rings. The zero-order valence-corrected chi connectivity index (χ0v) is 10.2. The molecule has 3 N–H and O–H groups in total. The van der Waals surface area contributed by atoms with Gasteiger partial charge in [-0.1, -0.05) is 0 Å². The van der Waals surface area contributed by atoms with E-state index in [0.717, 1.165) is 18.7 Å². The lowest BCUT2D eigenvalue weighted by Crippen LogP contribution is -2.11. The van der Waals surface area contributed by atoms with Gasteiger partial charge in [0, 0.05) is 31.6 Å². The second-order valence-electron chi connectivity index (χ2n) is 3.57. The van der Waals surface area contributed by atoms with Gasteiger partial charge in [0.05, 0.1) is 12.7 Å². The van der Waals surface area contributed by atoms with E-state index < -0.39 is 5.97 Å². The maximum absolute atomic E-state index is 11.5. The Labute approximate surface area is 101 Å². The highest BCUT2D eigenvalue weighted by Gasteiger charge is 2.11. The topological polar surface area (TPSA) is 73.6 Å². The van der Waals surface area contributed by atoms with Crippen LogP contribution in [0.15, 0.2) is 18.2 Å². The lowest BCUT2D eigenvalue weighted by Gasteiger charge is -2.11. The van der Waals surface area contributed by atoms with Crippen molar-refractivity contribution in [1.29, 1.82) is 0 Å². The van der Waals surface area contributed by atoms with Gasteiger partial charge in [0.15, 0.2) is 0 Å². The lowest BCUT2D eigenvalue weighted by atomic mass is 10.1. The second kappa shape index (κ2) is 6.75. The molecule has 0 aliphatic carbocycles. The Morgan fingerprint density at radius 2 is 2.18 bits per heavy atom. The zero-order valence-electron chi connectivity index (χ0n) is 10.2. The monoisotopic (exact) mass is 238 g/mol. The third kappa shape index (κ3) is 3.96. The van der Waals surface area contributed by atoms with Crippen molar-refractivity contribution in [2.24, 2.45) is 0 Å². The van der Waals surface area contributed by atoms with Crippen LogP contribution >= 0.6 is 0 Å². The first-order valence-electron chi connectivity index (χ1n) is 5.39. The molecule has 0 saturated carbocycles. The van der Waals surface area contributed by atoms with Crippen molar-refractivity contribution in [1.82, 2.24) is 0 Å². The van der Waals surface area contributed by atoms with E-state index in [0.29, 0.717) is 17.9 Å². The summed E-state index contributed by atoms with van der Waals surface area (Å²) in [6.45, 7) is 1.40. The highest BCUT2D eigenvalue weighted by Crippen LogP contribution is 2.19. The minimum absolute atomic E-state index is 0.397. The number of ether oxygens (including phenoxy) is 2. The number of carbonyl (C=O) groups excluding carboxylic acids is 1. The van der Waals surface area contributed by atoms with E-state index in [1.54, 1.807) is 25.3 Å². The van der Waals surface area contributed by atoms with Crippen LogP contribution in [0, 0.1) is 0 Å². The Bertz CT molecular complexity index is 380. The van der Waals surface area contributed by atoms with Gasteiger partial charge in [-0.3, -0.25) is 0 Å². The number of nitrogens with one attached hydrogen (secondary N) is 1. The summed E-state index contributed by atoms with van der Waals surface area (Å²) in [5, 5.41) is 3.15. The number of anilines is 2. The van der Waals surface area contributed by atoms with Gasteiger partial charge in [0.1, 0.15) is 0 Å². The van der Waals surface area contributed by atoms with E-state index in [2.05, 4.69) is 5.32 Å². The van der Waals surface area contributed by atoms with Crippen molar-refractivity contribution in [2.45, 2.75) is 6.42 Å². The van der Waals surface area contributed by atoms with Gasteiger partial charge < -0.3 is 20.5 Å². The fraction of sp³-hybridized carbons (Fsp3) is 0.417. The summed E-state index contributed by atoms with van der Waals surface area (Å²) in [7, 11) is 3.00. The molecule has 0 unspecified atom stereocenters. The molecule has 0 amide bonds. The van der Waals surface area contributed by atoms with Crippen LogP contribution in [0.5, 0.6) is 0 Å². The molecule has 0 saturated heterocycles. The number of rotatable bonds is 6. The van der Waals surface area contributed by atoms with E-state index in [1.165, 1.54) is 7.11 Å². The van der Waals surface area contributed by atoms with Crippen LogP contribution in [0.2, 0.25) is 0 Å². The highest BCUT2D eigenvalue weighted by atomic mass is 16.5. The Balaban J connectivity index is 2.72. The molecule has 1 rings (SSSR count). The van der Waals surface area contributed by atoms with Crippen LogP contribution in [0.3, 0.4) is 0 Å². The van der Waals surface area contributed by atoms with Gasteiger partial charge in [-0.05, 0) is 24.6 Å². The Morgan fingerprint density at radius 3 is 2.82 bits per heavy atom. The minimum Gasteiger partial charge on any atom is -0.465 e. The number of carbonyl (C=O) groups is 1. The molecule has 0 bridgehead atoms. The van der Waals surface area contributed by atoms with Gasteiger partial charge in [0.2, 0.25) is 0 Å². The Kier molecular flexibility index (Phi) is 5.29. The fourth-order valence-electron chi connectivity index (χ4n) is 1.43. The predicted molar refractivity (Wildman–Crippen MR) is 67.2 cm³/mol. The molecule has 5 nitrogen and oxygen atoms in total. The van der Waals surface area contributed by atoms with Crippen molar-refractivity contribution in [3.8, 4) is 0 Å². The number of benzene rings is 1. The molecule has 0 aliphatic heterocycles. The molecule has 17 heavy (non-hydrogen) atoms. The van der Waals surface area contributed by atoms with Crippen LogP contribution in [-0.4, -0.2) is 33.3 Å². The molecule has 5 heteroatoms. The van der Waals surface area contributed by atoms with Crippen LogP contribution in [0.4, 0.5) is 11.4 Å². The van der Waals surface area contributed by atoms with E-state index in [1.807, 2.05) is 0 Å². The largest absolute Gasteiger partial charge is 0.465 e. The quantitative estimate of drug-likeness (QED) is 0.446. The SMILES string of the molecule is COCCCNc1ccc(N)cc1C(=O)OC. The number of nitrogens with two attached hydrogens (primary N) is 1. The maximum Gasteiger partial charge on any atom is 0.340 e. The molecule has 1 aromatic rings. The zero-order chi connectivity index (χ0) is 12.7. The molecule has 0 radical (unpaired) electrons. The fourth-order valence-corrected chi connectivity index (χ4v) is 1.43. The first kappa shape index (κ1) is 13.3. The third-order valence-electron chi connectivity index (χ3n) is 2.29. The normalized spacial score (nSPS) is 10.0. The number of nitrogen functional groups attached to an aromatic ring is 1. The first-order valence-corrected chi connectivity index (χ1v) is 5.39. The second-order valence-corrected chi connectivity index (χ2v) is 3.57. The summed E-state index contributed by atoms with van der Waals surface area (Å²) < 4.78 is 9.65. The Hall–Kier alpha value is -1.75. The van der Waals surface area contributed by atoms with Gasteiger partial charge in [-0.2, -0.15) is 0 Å². The summed E-state index contributed by atoms with van der Waals surface area (Å²) in [5.41, 5.74) is 7.35. The summed E-state index contributed by atoms with van der Waals surface area (Å²) in [4.78, 5) is 11.5. The summed E-state index contributed by atoms with van der Waals surface area (Å²) in [6, 6.07) is 5.12. The summed E-state index contributed by atoms with van der Waals surface area (Å²) in [5.74, 6) is -0.397. The predicted octanol–water partition coefficient (Wildman–Crippen LogP) is 1.50. The Morgan fingerprint density at radius 1 is 1.41 bits per heavy atom. The maximum atomic E-state index is 11.5. The highest BCUT2D eigenvalue weighted by molar-refractivity contribution is 5.96. The van der Waals surface area contributed by atoms with Crippen molar-refractivity contribution in [3.63, 3.8) is 0 Å². The summed E-state index contributed by atoms with van der Waals surface area (Å²) in [6.07, 6.45) is 0.863. The van der Waals surface area contributed by atoms with E-state index in [-0.39, 0.29) is 0 Å². The van der Waals surface area contributed by atoms with Gasteiger partial charge in [-0.25, -0.2) is 4.79 Å². The first-order chi connectivity index (χ1) is 8.19. The molecular weight excluding hydrogens is 220 g/mol. The smallest absolute Gasteiger partial charge is 0.340 e. The number of methoxy groups -OCH3 is 2.